The van der Waals surface area contributed by atoms with E-state index < -0.39 is 6.10 Å². The molecule has 2 N–H and O–H groups in total. The molecule has 0 spiro atoms. The molecule has 0 radical (unpaired) electrons. The zero-order valence-electron chi connectivity index (χ0n) is 9.57. The van der Waals surface area contributed by atoms with Crippen LogP contribution in [0.25, 0.3) is 0 Å². The Kier molecular flexibility index (Phi) is 4.12. The summed E-state index contributed by atoms with van der Waals surface area (Å²) in [6.45, 7) is 2.65. The van der Waals surface area contributed by atoms with E-state index in [1.807, 2.05) is 14.1 Å². The highest BCUT2D eigenvalue weighted by atomic mass is 16.3. The minimum Gasteiger partial charge on any atom is -0.508 e. The number of hydrogen-bond acceptors (Lipinski definition) is 3. The summed E-state index contributed by atoms with van der Waals surface area (Å²) in [6.07, 6.45) is 0.351. The fourth-order valence-corrected chi connectivity index (χ4v) is 1.56. The van der Waals surface area contributed by atoms with Gasteiger partial charge in [-0.05, 0) is 50.7 Å². The fraction of sp³-hybridized carbons (Fsp3) is 0.500. The molecule has 1 aromatic carbocycles. The molecule has 1 unspecified atom stereocenters. The number of aliphatic hydroxyl groups excluding tert-OH is 1. The highest BCUT2D eigenvalue weighted by Gasteiger charge is 2.08. The van der Waals surface area contributed by atoms with Crippen LogP contribution in [0.5, 0.6) is 5.75 Å². The number of phenolic OH excluding ortho intramolecular Hbond substituents is 1. The average molecular weight is 209 g/mol. The summed E-state index contributed by atoms with van der Waals surface area (Å²) in [5, 5.41) is 19.0. The van der Waals surface area contributed by atoms with Crippen molar-refractivity contribution in [3.63, 3.8) is 0 Å². The number of hydrogen-bond donors (Lipinski definition) is 2. The van der Waals surface area contributed by atoms with Gasteiger partial charge in [0, 0.05) is 6.54 Å². The lowest BCUT2D eigenvalue weighted by Gasteiger charge is -2.15. The molecule has 0 bridgehead atoms. The highest BCUT2D eigenvalue weighted by Crippen LogP contribution is 2.22. The van der Waals surface area contributed by atoms with Crippen molar-refractivity contribution in [1.29, 1.82) is 0 Å². The summed E-state index contributed by atoms with van der Waals surface area (Å²) in [5.41, 5.74) is 1.91. The van der Waals surface area contributed by atoms with Gasteiger partial charge in [-0.3, -0.25) is 0 Å². The van der Waals surface area contributed by atoms with Crippen molar-refractivity contribution < 1.29 is 10.2 Å². The van der Waals surface area contributed by atoms with Crippen LogP contribution in [0.1, 0.15) is 24.2 Å². The topological polar surface area (TPSA) is 43.7 Å². The van der Waals surface area contributed by atoms with Gasteiger partial charge in [-0.15, -0.1) is 0 Å². The minimum absolute atomic E-state index is 0.258. The average Bonchev–Trinajstić information content (AvgIpc) is 2.14. The predicted molar refractivity (Wildman–Crippen MR) is 61.0 cm³/mol. The number of rotatable bonds is 4. The van der Waals surface area contributed by atoms with E-state index in [4.69, 9.17) is 0 Å². The second-order valence-corrected chi connectivity index (χ2v) is 4.11. The van der Waals surface area contributed by atoms with Crippen LogP contribution >= 0.6 is 0 Å². The molecule has 1 aromatic rings. The second kappa shape index (κ2) is 5.14. The van der Waals surface area contributed by atoms with Gasteiger partial charge in [0.15, 0.2) is 0 Å². The molecule has 0 heterocycles. The fourth-order valence-electron chi connectivity index (χ4n) is 1.56. The molecule has 15 heavy (non-hydrogen) atoms. The Morgan fingerprint density at radius 2 is 2.00 bits per heavy atom. The second-order valence-electron chi connectivity index (χ2n) is 4.11. The summed E-state index contributed by atoms with van der Waals surface area (Å²) >= 11 is 0. The van der Waals surface area contributed by atoms with Crippen LogP contribution in [0.2, 0.25) is 0 Å². The molecule has 84 valence electrons. The van der Waals surface area contributed by atoms with Gasteiger partial charge in [0.1, 0.15) is 5.75 Å². The molecule has 3 nitrogen and oxygen atoms in total. The van der Waals surface area contributed by atoms with Gasteiger partial charge >= 0.3 is 0 Å². The van der Waals surface area contributed by atoms with Crippen molar-refractivity contribution >= 4 is 0 Å². The first-order valence-corrected chi connectivity index (χ1v) is 5.15. The molecule has 3 heteroatoms. The first-order valence-electron chi connectivity index (χ1n) is 5.15. The van der Waals surface area contributed by atoms with Crippen molar-refractivity contribution in [3.05, 3.63) is 29.3 Å². The van der Waals surface area contributed by atoms with E-state index in [1.54, 1.807) is 25.1 Å². The molecule has 1 atom stereocenters. The number of aliphatic hydroxyl groups is 1. The molecule has 0 fully saturated rings. The van der Waals surface area contributed by atoms with E-state index in [1.165, 1.54) is 0 Å². The lowest BCUT2D eigenvalue weighted by atomic mass is 10.00. The lowest BCUT2D eigenvalue weighted by molar-refractivity contribution is 0.198. The van der Waals surface area contributed by atoms with E-state index >= 15 is 0 Å². The molecule has 0 aromatic heterocycles. The maximum atomic E-state index is 9.57. The number of benzene rings is 1. The number of aromatic hydroxyl groups is 1. The summed E-state index contributed by atoms with van der Waals surface area (Å²) in [4.78, 5) is 2.08. The van der Waals surface area contributed by atoms with E-state index in [0.717, 1.165) is 24.1 Å². The third-order valence-electron chi connectivity index (χ3n) is 2.41. The first-order chi connectivity index (χ1) is 7.00. The smallest absolute Gasteiger partial charge is 0.115 e. The zero-order chi connectivity index (χ0) is 11.4. The lowest BCUT2D eigenvalue weighted by Crippen LogP contribution is -2.16. The monoisotopic (exact) mass is 209 g/mol. The van der Waals surface area contributed by atoms with Gasteiger partial charge in [-0.2, -0.15) is 0 Å². The Balaban J connectivity index is 2.87. The minimum atomic E-state index is -0.484. The molecule has 0 aliphatic rings. The van der Waals surface area contributed by atoms with E-state index in [9.17, 15) is 10.2 Å². The van der Waals surface area contributed by atoms with Gasteiger partial charge in [-0.1, -0.05) is 6.07 Å². The van der Waals surface area contributed by atoms with Crippen LogP contribution in [-0.2, 0) is 6.42 Å². The van der Waals surface area contributed by atoms with Gasteiger partial charge < -0.3 is 15.1 Å². The molecule has 0 aliphatic heterocycles. The third kappa shape index (κ3) is 3.53. The molecule has 1 rings (SSSR count). The Morgan fingerprint density at radius 1 is 1.33 bits per heavy atom. The van der Waals surface area contributed by atoms with Crippen molar-refractivity contribution in [1.82, 2.24) is 4.90 Å². The summed E-state index contributed by atoms with van der Waals surface area (Å²) in [5.74, 6) is 0.258. The maximum absolute atomic E-state index is 9.57. The van der Waals surface area contributed by atoms with Crippen LogP contribution in [0.15, 0.2) is 18.2 Å². The highest BCUT2D eigenvalue weighted by molar-refractivity contribution is 5.36. The van der Waals surface area contributed by atoms with Crippen molar-refractivity contribution in [2.24, 2.45) is 0 Å². The van der Waals surface area contributed by atoms with Crippen molar-refractivity contribution in [2.45, 2.75) is 19.4 Å². The number of likely N-dealkylation sites (N-methyl/N-ethyl adjacent to an activating group) is 1. The van der Waals surface area contributed by atoms with E-state index in [-0.39, 0.29) is 5.75 Å². The maximum Gasteiger partial charge on any atom is 0.115 e. The third-order valence-corrected chi connectivity index (χ3v) is 2.41. The van der Waals surface area contributed by atoms with Gasteiger partial charge in [0.2, 0.25) is 0 Å². The largest absolute Gasteiger partial charge is 0.508 e. The standard InChI is InChI=1S/C12H19NO2/c1-9(14)12-5-4-11(15)8-10(12)6-7-13(2)3/h4-5,8-9,14-15H,6-7H2,1-3H3. The Morgan fingerprint density at radius 3 is 2.53 bits per heavy atom. The van der Waals surface area contributed by atoms with Crippen LogP contribution in [0, 0.1) is 0 Å². The van der Waals surface area contributed by atoms with Gasteiger partial charge in [0.25, 0.3) is 0 Å². The van der Waals surface area contributed by atoms with Gasteiger partial charge in [0.05, 0.1) is 6.10 Å². The SMILES string of the molecule is CC(O)c1ccc(O)cc1CCN(C)C. The summed E-state index contributed by atoms with van der Waals surface area (Å²) in [6, 6.07) is 5.12. The molecule has 0 saturated carbocycles. The van der Waals surface area contributed by atoms with E-state index in [2.05, 4.69) is 4.90 Å². The van der Waals surface area contributed by atoms with Crippen molar-refractivity contribution in [3.8, 4) is 5.75 Å². The number of phenols is 1. The number of nitrogens with zero attached hydrogens (tertiary/aromatic N) is 1. The van der Waals surface area contributed by atoms with Crippen LogP contribution in [0.4, 0.5) is 0 Å². The molecular formula is C12H19NO2. The predicted octanol–water partition coefficient (Wildman–Crippen LogP) is 1.55. The van der Waals surface area contributed by atoms with E-state index in [0.29, 0.717) is 0 Å². The van der Waals surface area contributed by atoms with Gasteiger partial charge in [-0.25, -0.2) is 0 Å². The normalized spacial score (nSPS) is 13.1. The Bertz CT molecular complexity index is 321. The summed E-state index contributed by atoms with van der Waals surface area (Å²) in [7, 11) is 4.01. The molecule has 0 saturated heterocycles. The Labute approximate surface area is 91.0 Å². The Hall–Kier alpha value is -1.06. The first kappa shape index (κ1) is 12.0. The molecule has 0 aliphatic carbocycles. The molecular weight excluding hydrogens is 190 g/mol. The van der Waals surface area contributed by atoms with Crippen LogP contribution < -0.4 is 0 Å². The zero-order valence-corrected chi connectivity index (χ0v) is 9.57. The van der Waals surface area contributed by atoms with Crippen LogP contribution in [0.3, 0.4) is 0 Å². The van der Waals surface area contributed by atoms with Crippen LogP contribution in [-0.4, -0.2) is 35.8 Å². The quantitative estimate of drug-likeness (QED) is 0.790. The summed E-state index contributed by atoms with van der Waals surface area (Å²) < 4.78 is 0. The molecule has 0 amide bonds. The van der Waals surface area contributed by atoms with Crippen molar-refractivity contribution in [2.75, 3.05) is 20.6 Å².